The average Bonchev–Trinajstić information content (AvgIpc) is 2.40. The molecular formula is C17H36N2S. The minimum atomic E-state index is 0.716. The van der Waals surface area contributed by atoms with Gasteiger partial charge in [-0.2, -0.15) is 11.8 Å². The van der Waals surface area contributed by atoms with E-state index in [9.17, 15) is 0 Å². The Morgan fingerprint density at radius 1 is 1.25 bits per heavy atom. The third kappa shape index (κ3) is 5.23. The highest BCUT2D eigenvalue weighted by Gasteiger charge is 2.34. The highest BCUT2D eigenvalue weighted by atomic mass is 32.2. The highest BCUT2D eigenvalue weighted by molar-refractivity contribution is 7.98. The summed E-state index contributed by atoms with van der Waals surface area (Å²) in [5.74, 6) is 3.80. The van der Waals surface area contributed by atoms with E-state index in [0.717, 1.165) is 30.3 Å². The molecule has 5 unspecified atom stereocenters. The first-order valence-electron chi connectivity index (χ1n) is 8.45. The lowest BCUT2D eigenvalue weighted by Crippen LogP contribution is -2.50. The molecule has 1 fully saturated rings. The van der Waals surface area contributed by atoms with Crippen molar-refractivity contribution in [2.45, 2.75) is 59.0 Å². The molecule has 0 aromatic heterocycles. The lowest BCUT2D eigenvalue weighted by molar-refractivity contribution is 0.0980. The van der Waals surface area contributed by atoms with Crippen molar-refractivity contribution in [2.24, 2.45) is 17.8 Å². The summed E-state index contributed by atoms with van der Waals surface area (Å²) < 4.78 is 0. The van der Waals surface area contributed by atoms with E-state index in [1.165, 1.54) is 31.6 Å². The van der Waals surface area contributed by atoms with Crippen LogP contribution in [0.15, 0.2) is 0 Å². The summed E-state index contributed by atoms with van der Waals surface area (Å²) in [4.78, 5) is 2.62. The molecule has 0 heterocycles. The minimum absolute atomic E-state index is 0.716. The molecule has 1 aliphatic carbocycles. The molecule has 120 valence electrons. The molecule has 0 aliphatic heterocycles. The molecule has 1 aliphatic rings. The van der Waals surface area contributed by atoms with Gasteiger partial charge in [0.2, 0.25) is 0 Å². The van der Waals surface area contributed by atoms with Crippen LogP contribution in [-0.4, -0.2) is 49.1 Å². The van der Waals surface area contributed by atoms with Crippen LogP contribution in [0.25, 0.3) is 0 Å². The number of rotatable bonds is 8. The van der Waals surface area contributed by atoms with Gasteiger partial charge in [-0.1, -0.05) is 27.7 Å². The molecule has 1 N–H and O–H groups in total. The molecule has 5 atom stereocenters. The predicted octanol–water partition coefficient (Wildman–Crippen LogP) is 3.72. The van der Waals surface area contributed by atoms with Gasteiger partial charge in [-0.3, -0.25) is 0 Å². The van der Waals surface area contributed by atoms with Crippen molar-refractivity contribution in [1.29, 1.82) is 0 Å². The second-order valence-corrected chi connectivity index (χ2v) is 7.75. The van der Waals surface area contributed by atoms with Crippen LogP contribution in [0.5, 0.6) is 0 Å². The molecule has 20 heavy (non-hydrogen) atoms. The molecule has 0 amide bonds. The van der Waals surface area contributed by atoms with Gasteiger partial charge in [-0.25, -0.2) is 0 Å². The Morgan fingerprint density at radius 3 is 2.50 bits per heavy atom. The summed E-state index contributed by atoms with van der Waals surface area (Å²) in [7, 11) is 2.33. The standard InChI is InChI=1S/C17H36N2S/c1-7-15(12-20-6)19(5)11-16-14(4)9-13(3)10-17(16)18-8-2/h13-18H,7-12H2,1-6H3. The molecule has 3 heteroatoms. The molecule has 0 spiro atoms. The van der Waals surface area contributed by atoms with E-state index in [-0.39, 0.29) is 0 Å². The van der Waals surface area contributed by atoms with Gasteiger partial charge in [-0.15, -0.1) is 0 Å². The van der Waals surface area contributed by atoms with Gasteiger partial charge in [0.25, 0.3) is 0 Å². The van der Waals surface area contributed by atoms with Crippen LogP contribution in [0.3, 0.4) is 0 Å². The number of nitrogens with one attached hydrogen (secondary N) is 1. The zero-order valence-electron chi connectivity index (χ0n) is 14.5. The molecule has 0 aromatic rings. The van der Waals surface area contributed by atoms with Crippen LogP contribution < -0.4 is 5.32 Å². The minimum Gasteiger partial charge on any atom is -0.314 e. The lowest BCUT2D eigenvalue weighted by atomic mass is 9.72. The Bertz CT molecular complexity index is 259. The van der Waals surface area contributed by atoms with E-state index < -0.39 is 0 Å². The van der Waals surface area contributed by atoms with E-state index in [4.69, 9.17) is 0 Å². The van der Waals surface area contributed by atoms with E-state index in [1.807, 2.05) is 11.8 Å². The Balaban J connectivity index is 2.64. The molecule has 0 saturated heterocycles. The summed E-state index contributed by atoms with van der Waals surface area (Å²) in [6.07, 6.45) is 6.25. The molecule has 0 radical (unpaired) electrons. The monoisotopic (exact) mass is 300 g/mol. The maximum Gasteiger partial charge on any atom is 0.0180 e. The fraction of sp³-hybridized carbons (Fsp3) is 1.00. The third-order valence-electron chi connectivity index (χ3n) is 5.10. The predicted molar refractivity (Wildman–Crippen MR) is 93.6 cm³/mol. The average molecular weight is 301 g/mol. The lowest BCUT2D eigenvalue weighted by Gasteiger charge is -2.43. The molecule has 2 nitrogen and oxygen atoms in total. The second kappa shape index (κ2) is 9.32. The van der Waals surface area contributed by atoms with Crippen LogP contribution in [0.1, 0.15) is 47.0 Å². The Labute approximate surface area is 131 Å². The van der Waals surface area contributed by atoms with E-state index in [1.54, 1.807) is 0 Å². The van der Waals surface area contributed by atoms with E-state index in [2.05, 4.69) is 51.2 Å². The van der Waals surface area contributed by atoms with Crippen molar-refractivity contribution in [1.82, 2.24) is 10.2 Å². The smallest absolute Gasteiger partial charge is 0.0180 e. The Morgan fingerprint density at radius 2 is 1.95 bits per heavy atom. The van der Waals surface area contributed by atoms with Crippen LogP contribution in [0.2, 0.25) is 0 Å². The topological polar surface area (TPSA) is 15.3 Å². The maximum atomic E-state index is 3.76. The van der Waals surface area contributed by atoms with Crippen molar-refractivity contribution >= 4 is 11.8 Å². The Hall–Kier alpha value is 0.270. The molecule has 0 aromatic carbocycles. The number of nitrogens with zero attached hydrogens (tertiary/aromatic N) is 1. The van der Waals surface area contributed by atoms with Crippen molar-refractivity contribution in [3.05, 3.63) is 0 Å². The van der Waals surface area contributed by atoms with Crippen LogP contribution in [-0.2, 0) is 0 Å². The maximum absolute atomic E-state index is 3.76. The number of thioether (sulfide) groups is 1. The van der Waals surface area contributed by atoms with Gasteiger partial charge < -0.3 is 10.2 Å². The van der Waals surface area contributed by atoms with Crippen molar-refractivity contribution in [2.75, 3.05) is 32.1 Å². The van der Waals surface area contributed by atoms with Gasteiger partial charge in [0.05, 0.1) is 0 Å². The number of hydrogen-bond acceptors (Lipinski definition) is 3. The van der Waals surface area contributed by atoms with Crippen LogP contribution >= 0.6 is 11.8 Å². The second-order valence-electron chi connectivity index (χ2n) is 6.84. The molecule has 0 bridgehead atoms. The molecular weight excluding hydrogens is 264 g/mol. The van der Waals surface area contributed by atoms with Gasteiger partial charge in [0.15, 0.2) is 0 Å². The largest absolute Gasteiger partial charge is 0.314 e. The summed E-state index contributed by atoms with van der Waals surface area (Å²) in [5, 5.41) is 3.76. The summed E-state index contributed by atoms with van der Waals surface area (Å²) in [6.45, 7) is 11.8. The zero-order chi connectivity index (χ0) is 15.1. The van der Waals surface area contributed by atoms with Crippen molar-refractivity contribution < 1.29 is 0 Å². The van der Waals surface area contributed by atoms with Crippen molar-refractivity contribution in [3.63, 3.8) is 0 Å². The fourth-order valence-electron chi connectivity index (χ4n) is 3.95. The van der Waals surface area contributed by atoms with Gasteiger partial charge in [0, 0.05) is 24.4 Å². The first-order chi connectivity index (χ1) is 9.53. The summed E-state index contributed by atoms with van der Waals surface area (Å²) in [6, 6.07) is 1.45. The van der Waals surface area contributed by atoms with Gasteiger partial charge in [-0.05, 0) is 56.9 Å². The SMILES string of the molecule is CCNC1CC(C)CC(C)C1CN(C)C(CC)CSC. The summed E-state index contributed by atoms with van der Waals surface area (Å²) in [5.41, 5.74) is 0. The van der Waals surface area contributed by atoms with E-state index >= 15 is 0 Å². The van der Waals surface area contributed by atoms with Gasteiger partial charge >= 0.3 is 0 Å². The fourth-order valence-corrected chi connectivity index (χ4v) is 4.82. The van der Waals surface area contributed by atoms with E-state index in [0.29, 0.717) is 6.04 Å². The summed E-state index contributed by atoms with van der Waals surface area (Å²) >= 11 is 1.98. The third-order valence-corrected chi connectivity index (χ3v) is 5.82. The highest BCUT2D eigenvalue weighted by Crippen LogP contribution is 2.34. The first kappa shape index (κ1) is 18.3. The zero-order valence-corrected chi connectivity index (χ0v) is 15.3. The number of hydrogen-bond donors (Lipinski definition) is 1. The molecule has 1 saturated carbocycles. The quantitative estimate of drug-likeness (QED) is 0.735. The van der Waals surface area contributed by atoms with Gasteiger partial charge in [0.1, 0.15) is 0 Å². The Kier molecular flexibility index (Phi) is 8.54. The van der Waals surface area contributed by atoms with Crippen LogP contribution in [0.4, 0.5) is 0 Å². The molecule has 1 rings (SSSR count). The van der Waals surface area contributed by atoms with Crippen molar-refractivity contribution in [3.8, 4) is 0 Å². The first-order valence-corrected chi connectivity index (χ1v) is 9.85. The normalized spacial score (nSPS) is 32.5. The van der Waals surface area contributed by atoms with Crippen LogP contribution in [0, 0.1) is 17.8 Å².